The number of rotatable bonds is 8. The average Bonchev–Trinajstić information content (AvgIpc) is 2.59. The second-order valence-electron chi connectivity index (χ2n) is 5.44. The first-order valence-electron chi connectivity index (χ1n) is 8.12. The fourth-order valence-electron chi connectivity index (χ4n) is 2.49. The van der Waals surface area contributed by atoms with E-state index >= 15 is 0 Å². The molecule has 0 radical (unpaired) electrons. The highest BCUT2D eigenvalue weighted by molar-refractivity contribution is 5.64. The Bertz CT molecular complexity index is 609. The topological polar surface area (TPSA) is 50.3 Å². The van der Waals surface area contributed by atoms with Crippen LogP contribution in [0.5, 0.6) is 5.75 Å². The fraction of sp³-hybridized carbons (Fsp3) is 0.444. The summed E-state index contributed by atoms with van der Waals surface area (Å²) in [6, 6.07) is 9.93. The molecule has 0 aliphatic carbocycles. The van der Waals surface area contributed by atoms with Crippen molar-refractivity contribution in [2.45, 2.75) is 20.8 Å². The zero-order valence-corrected chi connectivity index (χ0v) is 14.5. The molecule has 1 N–H and O–H groups in total. The number of benzene rings is 1. The predicted octanol–water partition coefficient (Wildman–Crippen LogP) is 3.21. The summed E-state index contributed by atoms with van der Waals surface area (Å²) in [7, 11) is 1.67. The van der Waals surface area contributed by atoms with Crippen LogP contribution in [0, 0.1) is 6.92 Å². The normalized spacial score (nSPS) is 10.8. The molecule has 1 heterocycles. The van der Waals surface area contributed by atoms with Gasteiger partial charge in [0.1, 0.15) is 11.6 Å². The van der Waals surface area contributed by atoms with Crippen LogP contribution in [0.2, 0.25) is 0 Å². The van der Waals surface area contributed by atoms with Crippen molar-refractivity contribution in [3.63, 3.8) is 0 Å². The van der Waals surface area contributed by atoms with Gasteiger partial charge in [-0.05, 0) is 55.9 Å². The van der Waals surface area contributed by atoms with Crippen molar-refractivity contribution in [2.24, 2.45) is 0 Å². The number of aromatic nitrogens is 2. The molecule has 0 spiro atoms. The molecule has 2 aromatic rings. The second kappa shape index (κ2) is 8.48. The second-order valence-corrected chi connectivity index (χ2v) is 5.44. The Kier molecular flexibility index (Phi) is 6.35. The van der Waals surface area contributed by atoms with Gasteiger partial charge in [-0.2, -0.15) is 0 Å². The zero-order chi connectivity index (χ0) is 16.7. The number of ether oxygens (including phenoxy) is 1. The summed E-state index contributed by atoms with van der Waals surface area (Å²) in [5, 5.41) is 12.0. The summed E-state index contributed by atoms with van der Waals surface area (Å²) in [5.41, 5.74) is 3.06. The lowest BCUT2D eigenvalue weighted by atomic mass is 10.1. The zero-order valence-electron chi connectivity index (χ0n) is 14.5. The minimum Gasteiger partial charge on any atom is -0.497 e. The van der Waals surface area contributed by atoms with Crippen LogP contribution in [0.4, 0.5) is 5.82 Å². The van der Waals surface area contributed by atoms with Gasteiger partial charge in [0.15, 0.2) is 0 Å². The van der Waals surface area contributed by atoms with Gasteiger partial charge in [0.05, 0.1) is 12.8 Å². The van der Waals surface area contributed by atoms with Crippen LogP contribution < -0.4 is 10.1 Å². The van der Waals surface area contributed by atoms with Crippen LogP contribution >= 0.6 is 0 Å². The largest absolute Gasteiger partial charge is 0.497 e. The van der Waals surface area contributed by atoms with Crippen LogP contribution in [0.3, 0.4) is 0 Å². The van der Waals surface area contributed by atoms with E-state index in [0.717, 1.165) is 54.6 Å². The van der Waals surface area contributed by atoms with E-state index in [-0.39, 0.29) is 0 Å². The van der Waals surface area contributed by atoms with Crippen molar-refractivity contribution in [1.82, 2.24) is 15.1 Å². The number of hydrogen-bond acceptors (Lipinski definition) is 5. The summed E-state index contributed by atoms with van der Waals surface area (Å²) >= 11 is 0. The van der Waals surface area contributed by atoms with Crippen molar-refractivity contribution >= 4 is 5.82 Å². The van der Waals surface area contributed by atoms with E-state index in [9.17, 15) is 0 Å². The molecule has 1 aromatic carbocycles. The first-order chi connectivity index (χ1) is 11.2. The maximum atomic E-state index is 5.19. The molecule has 0 bridgehead atoms. The quantitative estimate of drug-likeness (QED) is 0.811. The maximum absolute atomic E-state index is 5.19. The lowest BCUT2D eigenvalue weighted by Crippen LogP contribution is -2.28. The molecule has 5 heteroatoms. The molecule has 5 nitrogen and oxygen atoms in total. The molecule has 0 atom stereocenters. The highest BCUT2D eigenvalue weighted by Crippen LogP contribution is 2.24. The minimum atomic E-state index is 0.826. The van der Waals surface area contributed by atoms with E-state index in [0.29, 0.717) is 0 Å². The van der Waals surface area contributed by atoms with Crippen molar-refractivity contribution in [3.05, 3.63) is 35.9 Å². The number of nitrogens with one attached hydrogen (secondary N) is 1. The van der Waals surface area contributed by atoms with Crippen LogP contribution in [-0.2, 0) is 0 Å². The monoisotopic (exact) mass is 314 g/mol. The molecular weight excluding hydrogens is 288 g/mol. The number of likely N-dealkylation sites (N-methyl/N-ethyl adjacent to an activating group) is 1. The van der Waals surface area contributed by atoms with Crippen molar-refractivity contribution in [2.75, 3.05) is 38.6 Å². The van der Waals surface area contributed by atoms with E-state index in [1.807, 2.05) is 24.3 Å². The average molecular weight is 314 g/mol. The Balaban J connectivity index is 2.02. The third-order valence-electron chi connectivity index (χ3n) is 3.98. The third kappa shape index (κ3) is 4.66. The molecular formula is C18H26N4O. The number of aryl methyl sites for hydroxylation is 1. The highest BCUT2D eigenvalue weighted by atomic mass is 16.5. The van der Waals surface area contributed by atoms with Gasteiger partial charge in [0.25, 0.3) is 0 Å². The molecule has 23 heavy (non-hydrogen) atoms. The molecule has 0 fully saturated rings. The molecule has 0 unspecified atom stereocenters. The standard InChI is InChI=1S/C18H26N4O/c1-5-22(6-2)12-11-19-17-13-14(3)18(21-20-17)15-7-9-16(23-4)10-8-15/h7-10,13H,5-6,11-12H2,1-4H3,(H,19,20). The predicted molar refractivity (Wildman–Crippen MR) is 95.0 cm³/mol. The first-order valence-corrected chi connectivity index (χ1v) is 8.12. The van der Waals surface area contributed by atoms with Gasteiger partial charge in [0, 0.05) is 18.7 Å². The van der Waals surface area contributed by atoms with Crippen molar-refractivity contribution in [3.8, 4) is 17.0 Å². The Labute approximate surface area is 138 Å². The number of methoxy groups -OCH3 is 1. The Morgan fingerprint density at radius 3 is 2.35 bits per heavy atom. The number of anilines is 1. The van der Waals surface area contributed by atoms with E-state index in [2.05, 4.69) is 47.3 Å². The van der Waals surface area contributed by atoms with Gasteiger partial charge < -0.3 is 15.0 Å². The first kappa shape index (κ1) is 17.2. The van der Waals surface area contributed by atoms with Gasteiger partial charge in [-0.3, -0.25) is 0 Å². The highest BCUT2D eigenvalue weighted by Gasteiger charge is 2.07. The van der Waals surface area contributed by atoms with E-state index < -0.39 is 0 Å². The summed E-state index contributed by atoms with van der Waals surface area (Å²) in [6.07, 6.45) is 0. The molecule has 0 amide bonds. The van der Waals surface area contributed by atoms with Crippen LogP contribution in [0.15, 0.2) is 30.3 Å². The lowest BCUT2D eigenvalue weighted by molar-refractivity contribution is 0.316. The lowest BCUT2D eigenvalue weighted by Gasteiger charge is -2.18. The van der Waals surface area contributed by atoms with Crippen molar-refractivity contribution in [1.29, 1.82) is 0 Å². The molecule has 0 aliphatic heterocycles. The maximum Gasteiger partial charge on any atom is 0.148 e. The van der Waals surface area contributed by atoms with Crippen LogP contribution in [-0.4, -0.2) is 48.4 Å². The minimum absolute atomic E-state index is 0.826. The van der Waals surface area contributed by atoms with Gasteiger partial charge in [-0.1, -0.05) is 13.8 Å². The summed E-state index contributed by atoms with van der Waals surface area (Å²) < 4.78 is 5.19. The molecule has 124 valence electrons. The Morgan fingerprint density at radius 2 is 1.78 bits per heavy atom. The fourth-order valence-corrected chi connectivity index (χ4v) is 2.49. The number of hydrogen-bond donors (Lipinski definition) is 1. The molecule has 2 rings (SSSR count). The van der Waals surface area contributed by atoms with E-state index in [4.69, 9.17) is 4.74 Å². The van der Waals surface area contributed by atoms with E-state index in [1.54, 1.807) is 7.11 Å². The van der Waals surface area contributed by atoms with Crippen molar-refractivity contribution < 1.29 is 4.74 Å². The Morgan fingerprint density at radius 1 is 1.09 bits per heavy atom. The van der Waals surface area contributed by atoms with Crippen LogP contribution in [0.1, 0.15) is 19.4 Å². The third-order valence-corrected chi connectivity index (χ3v) is 3.98. The molecule has 1 aromatic heterocycles. The summed E-state index contributed by atoms with van der Waals surface area (Å²) in [5.74, 6) is 1.67. The van der Waals surface area contributed by atoms with Gasteiger partial charge in [-0.25, -0.2) is 0 Å². The van der Waals surface area contributed by atoms with Crippen LogP contribution in [0.25, 0.3) is 11.3 Å². The molecule has 0 saturated heterocycles. The summed E-state index contributed by atoms with van der Waals surface area (Å²) in [4.78, 5) is 2.37. The molecule has 0 aliphatic rings. The Hall–Kier alpha value is -2.14. The van der Waals surface area contributed by atoms with Gasteiger partial charge in [0.2, 0.25) is 0 Å². The van der Waals surface area contributed by atoms with Gasteiger partial charge in [-0.15, -0.1) is 10.2 Å². The smallest absolute Gasteiger partial charge is 0.148 e. The SMILES string of the molecule is CCN(CC)CCNc1cc(C)c(-c2ccc(OC)cc2)nn1. The van der Waals surface area contributed by atoms with Gasteiger partial charge >= 0.3 is 0 Å². The number of nitrogens with zero attached hydrogens (tertiary/aromatic N) is 3. The van der Waals surface area contributed by atoms with E-state index in [1.165, 1.54) is 0 Å². The summed E-state index contributed by atoms with van der Waals surface area (Å²) in [6.45, 7) is 10.4. The molecule has 0 saturated carbocycles.